The van der Waals surface area contributed by atoms with Crippen molar-refractivity contribution < 1.29 is 30.3 Å². The standard InChI is InChI=1S/C11H13FN2O4/c12-11(6-17-9(13)15,7-18-10(14)16)8-4-2-1-3-5-8/h1-5H,6-7H2,(H2,13,15)(H2,14,16)/i1D,2D,3D,4D,5D. The number of nitrogens with two attached hydrogens (primary N) is 2. The molecular weight excluding hydrogens is 243 g/mol. The van der Waals surface area contributed by atoms with Gasteiger partial charge in [0, 0.05) is 0 Å². The van der Waals surface area contributed by atoms with Gasteiger partial charge in [-0.05, 0) is 5.56 Å². The first-order valence-corrected chi connectivity index (χ1v) is 4.62. The topological polar surface area (TPSA) is 105 Å². The molecule has 0 unspecified atom stereocenters. The lowest BCUT2D eigenvalue weighted by Gasteiger charge is -2.24. The van der Waals surface area contributed by atoms with Crippen LogP contribution in [0.1, 0.15) is 12.4 Å². The van der Waals surface area contributed by atoms with E-state index in [9.17, 15) is 9.59 Å². The van der Waals surface area contributed by atoms with Crippen molar-refractivity contribution in [1.29, 1.82) is 0 Å². The monoisotopic (exact) mass is 261 g/mol. The Labute approximate surface area is 110 Å². The highest BCUT2D eigenvalue weighted by atomic mass is 19.1. The van der Waals surface area contributed by atoms with Gasteiger partial charge in [0.05, 0.1) is 6.85 Å². The molecule has 0 bridgehead atoms. The molecule has 1 aromatic carbocycles. The lowest BCUT2D eigenvalue weighted by atomic mass is 9.97. The number of alkyl halides is 1. The minimum Gasteiger partial charge on any atom is -0.446 e. The van der Waals surface area contributed by atoms with Crippen LogP contribution >= 0.6 is 0 Å². The van der Waals surface area contributed by atoms with Gasteiger partial charge in [0.1, 0.15) is 13.2 Å². The van der Waals surface area contributed by atoms with Crippen molar-refractivity contribution in [3.05, 3.63) is 35.8 Å². The second kappa shape index (κ2) is 5.85. The highest BCUT2D eigenvalue weighted by Crippen LogP contribution is 2.27. The molecule has 0 aliphatic rings. The van der Waals surface area contributed by atoms with Gasteiger partial charge >= 0.3 is 12.2 Å². The zero-order valence-electron chi connectivity index (χ0n) is 14.1. The zero-order chi connectivity index (χ0) is 17.9. The van der Waals surface area contributed by atoms with Crippen LogP contribution in [0.2, 0.25) is 0 Å². The zero-order valence-corrected chi connectivity index (χ0v) is 9.08. The second-order valence-corrected chi connectivity index (χ2v) is 3.18. The highest BCUT2D eigenvalue weighted by Gasteiger charge is 2.35. The number of amides is 2. The maximum atomic E-state index is 15.1. The maximum absolute atomic E-state index is 15.1. The number of primary amides is 2. The quantitative estimate of drug-likeness (QED) is 0.826. The molecule has 1 rings (SSSR count). The van der Waals surface area contributed by atoms with E-state index >= 15 is 4.39 Å². The average molecular weight is 261 g/mol. The summed E-state index contributed by atoms with van der Waals surface area (Å²) in [5, 5.41) is 0. The third kappa shape index (κ3) is 3.93. The largest absolute Gasteiger partial charge is 0.446 e. The molecule has 0 spiro atoms. The number of rotatable bonds is 5. The summed E-state index contributed by atoms with van der Waals surface area (Å²) < 4.78 is 61.6. The lowest BCUT2D eigenvalue weighted by Crippen LogP contribution is -2.36. The van der Waals surface area contributed by atoms with Gasteiger partial charge in [-0.25, -0.2) is 14.0 Å². The summed E-state index contributed by atoms with van der Waals surface area (Å²) >= 11 is 0. The fourth-order valence-electron chi connectivity index (χ4n) is 1.03. The molecule has 0 aliphatic heterocycles. The Hall–Kier alpha value is -2.31. The van der Waals surface area contributed by atoms with Crippen LogP contribution in [0.5, 0.6) is 0 Å². The van der Waals surface area contributed by atoms with Gasteiger partial charge in [-0.15, -0.1) is 0 Å². The molecule has 4 N–H and O–H groups in total. The first-order valence-electron chi connectivity index (χ1n) is 7.12. The number of halogens is 1. The third-order valence-electron chi connectivity index (χ3n) is 1.83. The Morgan fingerprint density at radius 1 is 1.17 bits per heavy atom. The number of carbonyl (C=O) groups is 2. The van der Waals surface area contributed by atoms with E-state index < -0.39 is 66.8 Å². The molecule has 0 saturated carbocycles. The molecule has 0 aliphatic carbocycles. The van der Waals surface area contributed by atoms with E-state index in [1.807, 2.05) is 0 Å². The van der Waals surface area contributed by atoms with Crippen molar-refractivity contribution in [3.63, 3.8) is 0 Å². The molecule has 0 radical (unpaired) electrons. The number of hydrogen-bond acceptors (Lipinski definition) is 4. The van der Waals surface area contributed by atoms with Crippen LogP contribution in [-0.2, 0) is 15.1 Å². The van der Waals surface area contributed by atoms with E-state index in [-0.39, 0.29) is 0 Å². The molecule has 7 heteroatoms. The van der Waals surface area contributed by atoms with Crippen LogP contribution in [0.3, 0.4) is 0 Å². The van der Waals surface area contributed by atoms with Gasteiger partial charge in [0.25, 0.3) is 0 Å². The second-order valence-electron chi connectivity index (χ2n) is 3.18. The normalized spacial score (nSPS) is 14.6. The molecule has 0 atom stereocenters. The first kappa shape index (κ1) is 7.91. The molecule has 98 valence electrons. The maximum Gasteiger partial charge on any atom is 0.404 e. The molecular formula is C11H13FN2O4. The summed E-state index contributed by atoms with van der Waals surface area (Å²) in [5.41, 5.74) is 5.70. The van der Waals surface area contributed by atoms with E-state index in [0.717, 1.165) is 0 Å². The molecule has 0 heterocycles. The van der Waals surface area contributed by atoms with E-state index in [1.165, 1.54) is 0 Å². The third-order valence-corrected chi connectivity index (χ3v) is 1.83. The molecule has 1 aromatic rings. The van der Waals surface area contributed by atoms with Crippen molar-refractivity contribution in [2.45, 2.75) is 5.67 Å². The fourth-order valence-corrected chi connectivity index (χ4v) is 1.03. The average Bonchev–Trinajstić information content (AvgIpc) is 2.47. The SMILES string of the molecule is [2H]c1c([2H])c([2H])c(C(F)(COC(N)=O)COC(N)=O)c([2H])c1[2H]. The molecule has 2 amide bonds. The Morgan fingerprint density at radius 3 is 2.00 bits per heavy atom. The molecule has 0 saturated heterocycles. The Morgan fingerprint density at radius 2 is 1.61 bits per heavy atom. The summed E-state index contributed by atoms with van der Waals surface area (Å²) in [7, 11) is 0. The minimum atomic E-state index is -2.93. The van der Waals surface area contributed by atoms with Gasteiger partial charge in [0.2, 0.25) is 5.67 Å². The summed E-state index contributed by atoms with van der Waals surface area (Å²) in [6.45, 7) is -2.27. The number of hydrogen-bond donors (Lipinski definition) is 2. The number of ether oxygens (including phenoxy) is 2. The predicted molar refractivity (Wildman–Crippen MR) is 60.3 cm³/mol. The van der Waals surface area contributed by atoms with Crippen LogP contribution in [-0.4, -0.2) is 25.4 Å². The lowest BCUT2D eigenvalue weighted by molar-refractivity contribution is -0.00109. The molecule has 0 aromatic heterocycles. The molecule has 18 heavy (non-hydrogen) atoms. The van der Waals surface area contributed by atoms with E-state index in [4.69, 9.17) is 18.3 Å². The van der Waals surface area contributed by atoms with Gasteiger partial charge in [-0.1, -0.05) is 30.2 Å². The summed E-state index contributed by atoms with van der Waals surface area (Å²) in [5.74, 6) is 0. The Balaban J connectivity index is 3.47. The van der Waals surface area contributed by atoms with Crippen LogP contribution in [0.4, 0.5) is 14.0 Å². The van der Waals surface area contributed by atoms with Gasteiger partial charge in [-0.3, -0.25) is 0 Å². The van der Waals surface area contributed by atoms with Crippen LogP contribution in [0, 0.1) is 0 Å². The van der Waals surface area contributed by atoms with Crippen molar-refractivity contribution in [3.8, 4) is 0 Å². The summed E-state index contributed by atoms with van der Waals surface area (Å²) in [6.07, 6.45) is -2.73. The van der Waals surface area contributed by atoms with E-state index in [1.54, 1.807) is 0 Å². The van der Waals surface area contributed by atoms with Gasteiger partial charge < -0.3 is 20.9 Å². The van der Waals surface area contributed by atoms with Gasteiger partial charge in [-0.2, -0.15) is 0 Å². The molecule has 0 fully saturated rings. The van der Waals surface area contributed by atoms with Crippen LogP contribution in [0.15, 0.2) is 30.2 Å². The fraction of sp³-hybridized carbons (Fsp3) is 0.273. The van der Waals surface area contributed by atoms with Crippen LogP contribution in [0.25, 0.3) is 0 Å². The summed E-state index contributed by atoms with van der Waals surface area (Å²) in [6, 6.07) is -4.10. The van der Waals surface area contributed by atoms with Crippen LogP contribution < -0.4 is 11.5 Å². The summed E-state index contributed by atoms with van der Waals surface area (Å²) in [4.78, 5) is 21.4. The van der Waals surface area contributed by atoms with E-state index in [2.05, 4.69) is 9.47 Å². The van der Waals surface area contributed by atoms with Gasteiger partial charge in [0.15, 0.2) is 0 Å². The number of carbonyl (C=O) groups excluding carboxylic acids is 2. The highest BCUT2D eigenvalue weighted by molar-refractivity contribution is 5.65. The smallest absolute Gasteiger partial charge is 0.404 e. The van der Waals surface area contributed by atoms with Crippen molar-refractivity contribution in [2.24, 2.45) is 11.5 Å². The Kier molecular flexibility index (Phi) is 2.57. The van der Waals surface area contributed by atoms with Crippen molar-refractivity contribution in [1.82, 2.24) is 0 Å². The predicted octanol–water partition coefficient (Wildman–Crippen LogP) is 1.04. The minimum absolute atomic E-state index is 0.738. The number of benzene rings is 1. The van der Waals surface area contributed by atoms with Crippen molar-refractivity contribution >= 4 is 12.2 Å². The molecule has 6 nitrogen and oxygen atoms in total. The van der Waals surface area contributed by atoms with E-state index in [0.29, 0.717) is 0 Å². The first-order chi connectivity index (χ1) is 10.5. The van der Waals surface area contributed by atoms with Crippen molar-refractivity contribution in [2.75, 3.05) is 13.2 Å². The Bertz CT molecular complexity index is 611.